The van der Waals surface area contributed by atoms with Gasteiger partial charge in [-0.3, -0.25) is 4.79 Å². The summed E-state index contributed by atoms with van der Waals surface area (Å²) in [5.74, 6) is -0.0443. The monoisotopic (exact) mass is 160 g/mol. The average Bonchev–Trinajstić information content (AvgIpc) is 2.05. The van der Waals surface area contributed by atoms with Crippen molar-refractivity contribution in [3.8, 4) is 0 Å². The number of rotatable bonds is 2. The highest BCUT2D eigenvalue weighted by Crippen LogP contribution is 2.15. The Morgan fingerprint density at radius 2 is 2.55 bits per heavy atom. The van der Waals surface area contributed by atoms with Crippen molar-refractivity contribution in [1.82, 2.24) is 0 Å². The second kappa shape index (κ2) is 3.80. The largest absolute Gasteiger partial charge is 0.394 e. The van der Waals surface area contributed by atoms with Gasteiger partial charge in [-0.15, -0.1) is 0 Å². The molecule has 0 amide bonds. The molecule has 0 bridgehead atoms. The molecular formula is C7H12O4. The summed E-state index contributed by atoms with van der Waals surface area (Å²) in [5, 5.41) is 8.70. The maximum absolute atomic E-state index is 11.0. The highest BCUT2D eigenvalue weighted by atomic mass is 16.7. The summed E-state index contributed by atoms with van der Waals surface area (Å²) in [4.78, 5) is 11.0. The van der Waals surface area contributed by atoms with E-state index in [2.05, 4.69) is 0 Å². The number of hydrogen-bond donors (Lipinski definition) is 1. The summed E-state index contributed by atoms with van der Waals surface area (Å²) in [6.07, 6.45) is 0.0254. The molecule has 11 heavy (non-hydrogen) atoms. The van der Waals surface area contributed by atoms with E-state index >= 15 is 0 Å². The first-order valence-corrected chi connectivity index (χ1v) is 3.59. The van der Waals surface area contributed by atoms with Crippen LogP contribution in [0.5, 0.6) is 0 Å². The van der Waals surface area contributed by atoms with E-state index in [1.165, 1.54) is 7.11 Å². The normalized spacial score (nSPS) is 32.4. The van der Waals surface area contributed by atoms with Gasteiger partial charge in [0.15, 0.2) is 5.78 Å². The summed E-state index contributed by atoms with van der Waals surface area (Å²) in [6, 6.07) is 0. The van der Waals surface area contributed by atoms with Crippen molar-refractivity contribution in [2.75, 3.05) is 13.7 Å². The predicted octanol–water partition coefficient (Wildman–Crippen LogP) is -0.301. The number of methoxy groups -OCH3 is 1. The molecule has 1 saturated heterocycles. The summed E-state index contributed by atoms with van der Waals surface area (Å²) in [5.41, 5.74) is 0. The summed E-state index contributed by atoms with van der Waals surface area (Å²) >= 11 is 0. The van der Waals surface area contributed by atoms with Crippen LogP contribution >= 0.6 is 0 Å². The van der Waals surface area contributed by atoms with Crippen LogP contribution in [0.25, 0.3) is 0 Å². The second-order valence-electron chi connectivity index (χ2n) is 2.51. The number of hydrogen-bond acceptors (Lipinski definition) is 4. The van der Waals surface area contributed by atoms with Crippen LogP contribution in [0.4, 0.5) is 0 Å². The van der Waals surface area contributed by atoms with E-state index < -0.39 is 6.29 Å². The SMILES string of the molecule is CO[C@H]1O[C@H](CO)CCC1=O. The van der Waals surface area contributed by atoms with Crippen LogP contribution in [0.2, 0.25) is 0 Å². The Bertz CT molecular complexity index is 145. The van der Waals surface area contributed by atoms with Gasteiger partial charge in [0.1, 0.15) is 0 Å². The number of ketones is 1. The van der Waals surface area contributed by atoms with E-state index in [9.17, 15) is 4.79 Å². The third-order valence-electron chi connectivity index (χ3n) is 1.71. The van der Waals surface area contributed by atoms with Gasteiger partial charge in [0.25, 0.3) is 0 Å². The third kappa shape index (κ3) is 1.99. The highest BCUT2D eigenvalue weighted by Gasteiger charge is 2.28. The molecular weight excluding hydrogens is 148 g/mol. The third-order valence-corrected chi connectivity index (χ3v) is 1.71. The molecule has 1 rings (SSSR count). The Balaban J connectivity index is 2.44. The van der Waals surface area contributed by atoms with Gasteiger partial charge in [0.05, 0.1) is 12.7 Å². The van der Waals surface area contributed by atoms with Crippen molar-refractivity contribution in [2.24, 2.45) is 0 Å². The molecule has 1 heterocycles. The summed E-state index contributed by atoms with van der Waals surface area (Å²) in [6.45, 7) is -0.0485. The fourth-order valence-electron chi connectivity index (χ4n) is 1.06. The molecule has 4 heteroatoms. The van der Waals surface area contributed by atoms with Gasteiger partial charge >= 0.3 is 0 Å². The van der Waals surface area contributed by atoms with Gasteiger partial charge in [-0.25, -0.2) is 0 Å². The van der Waals surface area contributed by atoms with E-state index in [0.29, 0.717) is 12.8 Å². The standard InChI is InChI=1S/C7H12O4/c1-10-7-6(9)3-2-5(4-8)11-7/h5,7-8H,2-4H2,1H3/t5-,7-/m0/s1. The minimum Gasteiger partial charge on any atom is -0.394 e. The Morgan fingerprint density at radius 3 is 3.09 bits per heavy atom. The summed E-state index contributed by atoms with van der Waals surface area (Å²) in [7, 11) is 1.42. The number of aliphatic hydroxyl groups excluding tert-OH is 1. The molecule has 1 N–H and O–H groups in total. The molecule has 2 atom stereocenters. The molecule has 0 aromatic rings. The molecule has 4 nitrogen and oxygen atoms in total. The quantitative estimate of drug-likeness (QED) is 0.602. The van der Waals surface area contributed by atoms with E-state index in [4.69, 9.17) is 14.6 Å². The van der Waals surface area contributed by atoms with Gasteiger partial charge in [0, 0.05) is 13.5 Å². The molecule has 1 fully saturated rings. The second-order valence-corrected chi connectivity index (χ2v) is 2.51. The molecule has 0 aromatic heterocycles. The first-order valence-electron chi connectivity index (χ1n) is 3.59. The minimum atomic E-state index is -0.763. The molecule has 0 spiro atoms. The fraction of sp³-hybridized carbons (Fsp3) is 0.857. The molecule has 0 saturated carbocycles. The van der Waals surface area contributed by atoms with E-state index in [0.717, 1.165) is 0 Å². The number of aliphatic hydroxyl groups is 1. The van der Waals surface area contributed by atoms with Crippen LogP contribution in [0.1, 0.15) is 12.8 Å². The minimum absolute atomic E-state index is 0.0443. The van der Waals surface area contributed by atoms with Crippen molar-refractivity contribution in [1.29, 1.82) is 0 Å². The lowest BCUT2D eigenvalue weighted by Crippen LogP contribution is -2.38. The molecule has 64 valence electrons. The number of Topliss-reactive ketones (excluding diaryl/α,β-unsaturated/α-hetero) is 1. The highest BCUT2D eigenvalue weighted by molar-refractivity contribution is 5.82. The Hall–Kier alpha value is -0.450. The summed E-state index contributed by atoms with van der Waals surface area (Å²) < 4.78 is 9.83. The number of carbonyl (C=O) groups is 1. The number of ether oxygens (including phenoxy) is 2. The maximum atomic E-state index is 11.0. The smallest absolute Gasteiger partial charge is 0.217 e. The van der Waals surface area contributed by atoms with Crippen LogP contribution in [-0.2, 0) is 14.3 Å². The molecule has 0 aromatic carbocycles. The Morgan fingerprint density at radius 1 is 1.82 bits per heavy atom. The Kier molecular flexibility index (Phi) is 2.99. The van der Waals surface area contributed by atoms with Gasteiger partial charge in [-0.05, 0) is 6.42 Å². The molecule has 1 aliphatic heterocycles. The van der Waals surface area contributed by atoms with E-state index in [1.54, 1.807) is 0 Å². The van der Waals surface area contributed by atoms with Crippen molar-refractivity contribution in [3.05, 3.63) is 0 Å². The van der Waals surface area contributed by atoms with E-state index in [1.807, 2.05) is 0 Å². The predicted molar refractivity (Wildman–Crippen MR) is 37.0 cm³/mol. The van der Waals surface area contributed by atoms with Crippen molar-refractivity contribution in [3.63, 3.8) is 0 Å². The lowest BCUT2D eigenvalue weighted by atomic mass is 10.1. The molecule has 0 unspecified atom stereocenters. The zero-order valence-electron chi connectivity index (χ0n) is 6.45. The first-order chi connectivity index (χ1) is 5.27. The topological polar surface area (TPSA) is 55.8 Å². The molecule has 0 aliphatic carbocycles. The van der Waals surface area contributed by atoms with Crippen LogP contribution in [-0.4, -0.2) is 37.0 Å². The van der Waals surface area contributed by atoms with Crippen LogP contribution < -0.4 is 0 Å². The maximum Gasteiger partial charge on any atom is 0.217 e. The Labute approximate surface area is 65.1 Å². The van der Waals surface area contributed by atoms with Crippen molar-refractivity contribution in [2.45, 2.75) is 25.2 Å². The first kappa shape index (κ1) is 8.64. The average molecular weight is 160 g/mol. The van der Waals surface area contributed by atoms with E-state index in [-0.39, 0.29) is 18.5 Å². The number of carbonyl (C=O) groups excluding carboxylic acids is 1. The zero-order valence-corrected chi connectivity index (χ0v) is 6.45. The van der Waals surface area contributed by atoms with Crippen LogP contribution in [0, 0.1) is 0 Å². The van der Waals surface area contributed by atoms with Crippen LogP contribution in [0.15, 0.2) is 0 Å². The zero-order chi connectivity index (χ0) is 8.27. The molecule has 1 aliphatic rings. The van der Waals surface area contributed by atoms with Gasteiger partial charge in [0.2, 0.25) is 6.29 Å². The van der Waals surface area contributed by atoms with Crippen LogP contribution in [0.3, 0.4) is 0 Å². The van der Waals surface area contributed by atoms with Crippen molar-refractivity contribution >= 4 is 5.78 Å². The van der Waals surface area contributed by atoms with Gasteiger partial charge in [-0.2, -0.15) is 0 Å². The lowest BCUT2D eigenvalue weighted by molar-refractivity contribution is -0.192. The lowest BCUT2D eigenvalue weighted by Gasteiger charge is -2.26. The van der Waals surface area contributed by atoms with Crippen molar-refractivity contribution < 1.29 is 19.4 Å². The van der Waals surface area contributed by atoms with Gasteiger partial charge in [-0.1, -0.05) is 0 Å². The van der Waals surface area contributed by atoms with Gasteiger partial charge < -0.3 is 14.6 Å². The fourth-order valence-corrected chi connectivity index (χ4v) is 1.06. The molecule has 0 radical (unpaired) electrons.